The van der Waals surface area contributed by atoms with Crippen molar-refractivity contribution in [2.24, 2.45) is 0 Å². The first kappa shape index (κ1) is 19.8. The van der Waals surface area contributed by atoms with Crippen molar-refractivity contribution in [1.29, 1.82) is 0 Å². The predicted octanol–water partition coefficient (Wildman–Crippen LogP) is 7.61. The van der Waals surface area contributed by atoms with Crippen molar-refractivity contribution in [2.45, 2.75) is 13.1 Å². The third-order valence-electron chi connectivity index (χ3n) is 2.98. The molecule has 0 radical (unpaired) electrons. The number of aryl methyl sites for hydroxylation is 1. The fourth-order valence-electron chi connectivity index (χ4n) is 1.82. The number of carbonyl (C=O) groups is 1. The molecule has 1 heterocycles. The maximum atomic E-state index is 13.4. The van der Waals surface area contributed by atoms with Crippen LogP contribution >= 0.6 is 62.1 Å². The molecule has 0 spiro atoms. The van der Waals surface area contributed by atoms with Crippen LogP contribution in [0.1, 0.15) is 20.8 Å². The minimum Gasteiger partial charge on any atom is -0.288 e. The number of hydrogen-bond acceptors (Lipinski definition) is 2. The summed E-state index contributed by atoms with van der Waals surface area (Å²) in [6, 6.07) is 3.57. The third kappa shape index (κ3) is 4.35. The quantitative estimate of drug-likeness (QED) is 0.252. The van der Waals surface area contributed by atoms with Crippen LogP contribution in [0.2, 0.25) is 15.1 Å². The lowest BCUT2D eigenvalue weighted by molar-refractivity contribution is -0.0689. The molecule has 1 nitrogen and oxygen atoms in total. The molecule has 0 bridgehead atoms. The lowest BCUT2D eigenvalue weighted by atomic mass is 10.0. The van der Waals surface area contributed by atoms with Crippen LogP contribution < -0.4 is 0 Å². The highest BCUT2D eigenvalue weighted by Gasteiger charge is 2.36. The number of ketones is 1. The van der Waals surface area contributed by atoms with E-state index >= 15 is 0 Å². The van der Waals surface area contributed by atoms with Gasteiger partial charge in [0.15, 0.2) is 5.78 Å². The number of rotatable bonds is 3. The minimum atomic E-state index is -4.76. The number of halogens is 7. The zero-order chi connectivity index (χ0) is 18.2. The summed E-state index contributed by atoms with van der Waals surface area (Å²) in [7, 11) is 0. The smallest absolute Gasteiger partial charge is 0.288 e. The van der Waals surface area contributed by atoms with Gasteiger partial charge >= 0.3 is 6.18 Å². The standard InChI is InChI=1S/C15H7BrCl3F3OS/c1-6-2-12(24-14(6)16)11(23)5-8(15(20,21)22)7-3-9(17)13(19)10(18)4-7/h2-5H,1H3/b8-5-. The van der Waals surface area contributed by atoms with Crippen LogP contribution in [0.15, 0.2) is 28.1 Å². The van der Waals surface area contributed by atoms with Gasteiger partial charge in [-0.1, -0.05) is 34.8 Å². The topological polar surface area (TPSA) is 17.1 Å². The van der Waals surface area contributed by atoms with Crippen LogP contribution in [-0.2, 0) is 0 Å². The first-order chi connectivity index (χ1) is 11.0. The van der Waals surface area contributed by atoms with E-state index in [0.717, 1.165) is 29.0 Å². The van der Waals surface area contributed by atoms with Crippen LogP contribution in [0.3, 0.4) is 0 Å². The van der Waals surface area contributed by atoms with E-state index in [1.54, 1.807) is 6.92 Å². The zero-order valence-electron chi connectivity index (χ0n) is 11.8. The van der Waals surface area contributed by atoms with Gasteiger partial charge in [0.05, 0.1) is 29.3 Å². The Bertz CT molecular complexity index is 800. The molecular formula is C15H7BrCl3F3OS. The number of thiophene rings is 1. The highest BCUT2D eigenvalue weighted by Crippen LogP contribution is 2.40. The molecule has 0 unspecified atom stereocenters. The van der Waals surface area contributed by atoms with Gasteiger partial charge in [-0.05, 0) is 58.3 Å². The van der Waals surface area contributed by atoms with Crippen LogP contribution in [-0.4, -0.2) is 12.0 Å². The van der Waals surface area contributed by atoms with Gasteiger partial charge in [0.2, 0.25) is 0 Å². The fourth-order valence-corrected chi connectivity index (χ4v) is 3.87. The Kier molecular flexibility index (Phi) is 6.08. The molecule has 0 saturated carbocycles. The van der Waals surface area contributed by atoms with Gasteiger partial charge in [0.25, 0.3) is 0 Å². The van der Waals surface area contributed by atoms with Gasteiger partial charge in [-0.2, -0.15) is 13.2 Å². The van der Waals surface area contributed by atoms with Gasteiger partial charge in [-0.3, -0.25) is 4.79 Å². The average Bonchev–Trinajstić information content (AvgIpc) is 2.80. The van der Waals surface area contributed by atoms with Crippen molar-refractivity contribution in [3.8, 4) is 0 Å². The molecule has 0 aliphatic rings. The summed E-state index contributed by atoms with van der Waals surface area (Å²) < 4.78 is 40.8. The van der Waals surface area contributed by atoms with Crippen molar-refractivity contribution < 1.29 is 18.0 Å². The molecule has 0 fully saturated rings. The van der Waals surface area contributed by atoms with Gasteiger partial charge < -0.3 is 0 Å². The second-order valence-corrected chi connectivity index (χ2v) is 8.30. The third-order valence-corrected chi connectivity index (χ3v) is 6.32. The Balaban J connectivity index is 2.55. The number of benzene rings is 1. The van der Waals surface area contributed by atoms with Gasteiger partial charge in [-0.15, -0.1) is 11.3 Å². The first-order valence-electron chi connectivity index (χ1n) is 6.24. The van der Waals surface area contributed by atoms with Crippen LogP contribution in [0, 0.1) is 6.92 Å². The molecule has 1 aromatic carbocycles. The lowest BCUT2D eigenvalue weighted by Crippen LogP contribution is -2.12. The van der Waals surface area contributed by atoms with E-state index in [2.05, 4.69) is 15.9 Å². The number of allylic oxidation sites excluding steroid dienone is 2. The number of hydrogen-bond donors (Lipinski definition) is 0. The summed E-state index contributed by atoms with van der Waals surface area (Å²) >= 11 is 21.6. The SMILES string of the molecule is Cc1cc(C(=O)/C=C(/c2cc(Cl)c(Cl)c(Cl)c2)C(F)(F)F)sc1Br. The van der Waals surface area contributed by atoms with Crippen LogP contribution in [0.25, 0.3) is 5.57 Å². The molecule has 2 aromatic rings. The summed E-state index contributed by atoms with van der Waals surface area (Å²) in [4.78, 5) is 12.4. The van der Waals surface area contributed by atoms with Crippen LogP contribution in [0.4, 0.5) is 13.2 Å². The second kappa shape index (κ2) is 7.38. The normalized spacial score (nSPS) is 12.6. The summed E-state index contributed by atoms with van der Waals surface area (Å²) in [6.07, 6.45) is -4.23. The van der Waals surface area contributed by atoms with E-state index in [1.165, 1.54) is 6.07 Å². The molecule has 0 aliphatic carbocycles. The Labute approximate surface area is 163 Å². The van der Waals surface area contributed by atoms with Crippen molar-refractivity contribution in [3.63, 3.8) is 0 Å². The highest BCUT2D eigenvalue weighted by molar-refractivity contribution is 9.11. The average molecular weight is 479 g/mol. The molecular weight excluding hydrogens is 471 g/mol. The van der Waals surface area contributed by atoms with E-state index in [-0.39, 0.29) is 25.5 Å². The molecule has 0 aliphatic heterocycles. The molecule has 0 atom stereocenters. The monoisotopic (exact) mass is 476 g/mol. The van der Waals surface area contributed by atoms with Crippen LogP contribution in [0.5, 0.6) is 0 Å². The zero-order valence-corrected chi connectivity index (χ0v) is 16.4. The maximum Gasteiger partial charge on any atom is 0.417 e. The summed E-state index contributed by atoms with van der Waals surface area (Å²) in [5, 5.41) is -0.305. The second-order valence-electron chi connectivity index (χ2n) is 4.74. The highest BCUT2D eigenvalue weighted by atomic mass is 79.9. The lowest BCUT2D eigenvalue weighted by Gasteiger charge is -2.13. The Morgan fingerprint density at radius 1 is 1.17 bits per heavy atom. The molecule has 0 amide bonds. The van der Waals surface area contributed by atoms with E-state index in [0.29, 0.717) is 9.86 Å². The minimum absolute atomic E-state index is 0.0484. The first-order valence-corrected chi connectivity index (χ1v) is 8.99. The molecule has 0 saturated heterocycles. The van der Waals surface area contributed by atoms with Crippen molar-refractivity contribution in [3.05, 3.63) is 59.1 Å². The molecule has 0 N–H and O–H groups in total. The summed E-state index contributed by atoms with van der Waals surface area (Å²) in [6.45, 7) is 1.74. The Hall–Kier alpha value is -0.530. The van der Waals surface area contributed by atoms with E-state index in [4.69, 9.17) is 34.8 Å². The van der Waals surface area contributed by atoms with Gasteiger partial charge in [0.1, 0.15) is 0 Å². The van der Waals surface area contributed by atoms with E-state index in [9.17, 15) is 18.0 Å². The van der Waals surface area contributed by atoms with E-state index in [1.807, 2.05) is 0 Å². The molecule has 1 aromatic heterocycles. The van der Waals surface area contributed by atoms with E-state index < -0.39 is 17.5 Å². The molecule has 2 rings (SSSR count). The molecule has 24 heavy (non-hydrogen) atoms. The van der Waals surface area contributed by atoms with Gasteiger partial charge in [0, 0.05) is 0 Å². The van der Waals surface area contributed by atoms with Crippen molar-refractivity contribution in [2.75, 3.05) is 0 Å². The van der Waals surface area contributed by atoms with Crippen molar-refractivity contribution in [1.82, 2.24) is 0 Å². The Morgan fingerprint density at radius 3 is 2.12 bits per heavy atom. The largest absolute Gasteiger partial charge is 0.417 e. The molecule has 128 valence electrons. The van der Waals surface area contributed by atoms with Crippen molar-refractivity contribution >= 4 is 73.4 Å². The summed E-state index contributed by atoms with van der Waals surface area (Å²) in [5.74, 6) is -0.761. The molecule has 9 heteroatoms. The fraction of sp³-hybridized carbons (Fsp3) is 0.133. The predicted molar refractivity (Wildman–Crippen MR) is 96.6 cm³/mol. The summed E-state index contributed by atoms with van der Waals surface area (Å²) in [5.41, 5.74) is -0.708. The maximum absolute atomic E-state index is 13.4. The Morgan fingerprint density at radius 2 is 1.71 bits per heavy atom. The van der Waals surface area contributed by atoms with Gasteiger partial charge in [-0.25, -0.2) is 0 Å². The number of carbonyl (C=O) groups excluding carboxylic acids is 1. The number of alkyl halides is 3.